The van der Waals surface area contributed by atoms with E-state index in [1.807, 2.05) is 0 Å². The Kier molecular flexibility index (Phi) is 7.40. The van der Waals surface area contributed by atoms with Crippen LogP contribution in [-0.4, -0.2) is 62.7 Å². The van der Waals surface area contributed by atoms with Crippen molar-refractivity contribution in [3.63, 3.8) is 0 Å². The molecule has 2 fully saturated rings. The minimum atomic E-state index is -3.45. The van der Waals surface area contributed by atoms with Gasteiger partial charge in [-0.25, -0.2) is 8.42 Å². The normalized spacial score (nSPS) is 18.8. The quantitative estimate of drug-likeness (QED) is 0.587. The van der Waals surface area contributed by atoms with E-state index in [-0.39, 0.29) is 23.3 Å². The van der Waals surface area contributed by atoms with Crippen LogP contribution >= 0.6 is 0 Å². The summed E-state index contributed by atoms with van der Waals surface area (Å²) in [6.07, 6.45) is 4.24. The number of rotatable bonds is 9. The second-order valence-electron chi connectivity index (χ2n) is 8.86. The van der Waals surface area contributed by atoms with Gasteiger partial charge in [-0.2, -0.15) is 4.31 Å². The summed E-state index contributed by atoms with van der Waals surface area (Å²) in [4.78, 5) is 15.5. The van der Waals surface area contributed by atoms with Gasteiger partial charge < -0.3 is 5.32 Å². The highest BCUT2D eigenvalue weighted by Crippen LogP contribution is 2.25. The Morgan fingerprint density at radius 1 is 0.906 bits per heavy atom. The van der Waals surface area contributed by atoms with Crippen molar-refractivity contribution in [3.05, 3.63) is 65.2 Å². The fraction of sp³-hybridized carbons (Fsp3) is 0.480. The maximum atomic E-state index is 12.7. The predicted octanol–water partition coefficient (Wildman–Crippen LogP) is 3.39. The van der Waals surface area contributed by atoms with E-state index in [1.54, 1.807) is 24.3 Å². The Hall–Kier alpha value is -2.06. The van der Waals surface area contributed by atoms with Crippen molar-refractivity contribution in [2.24, 2.45) is 0 Å². The number of aryl methyl sites for hydroxylation is 1. The molecular formula is C25H33N3O3S. The first-order valence-electron chi connectivity index (χ1n) is 11.6. The third kappa shape index (κ3) is 5.29. The Bertz CT molecular complexity index is 1010. The van der Waals surface area contributed by atoms with Crippen molar-refractivity contribution in [2.75, 3.05) is 39.3 Å². The molecule has 0 bridgehead atoms. The molecule has 2 aliphatic rings. The van der Waals surface area contributed by atoms with E-state index in [0.717, 1.165) is 25.9 Å². The predicted molar refractivity (Wildman–Crippen MR) is 126 cm³/mol. The standard InChI is InChI=1S/C25H33N3O3S/c1-20-6-8-21(9-7-20)24(27-14-2-3-15-27)18-26-19-25(29)22-10-12-23(13-11-22)32(30,31)28-16-4-5-17-28/h6-13,24,26H,2-5,14-19H2,1H3. The van der Waals surface area contributed by atoms with Crippen LogP contribution in [0.3, 0.4) is 0 Å². The fourth-order valence-corrected chi connectivity index (χ4v) is 6.13. The summed E-state index contributed by atoms with van der Waals surface area (Å²) < 4.78 is 26.9. The van der Waals surface area contributed by atoms with E-state index in [0.29, 0.717) is 25.2 Å². The largest absolute Gasteiger partial charge is 0.308 e. The summed E-state index contributed by atoms with van der Waals surface area (Å²) in [5, 5.41) is 3.35. The third-order valence-corrected chi connectivity index (χ3v) is 8.46. The van der Waals surface area contributed by atoms with Crippen molar-refractivity contribution in [1.29, 1.82) is 0 Å². The molecule has 1 N–H and O–H groups in total. The molecule has 2 saturated heterocycles. The highest BCUT2D eigenvalue weighted by atomic mass is 32.2. The number of hydrogen-bond acceptors (Lipinski definition) is 5. The van der Waals surface area contributed by atoms with Crippen molar-refractivity contribution in [2.45, 2.75) is 43.5 Å². The van der Waals surface area contributed by atoms with E-state index in [2.05, 4.69) is 41.4 Å². The van der Waals surface area contributed by atoms with Crippen LogP contribution < -0.4 is 5.32 Å². The first-order chi connectivity index (χ1) is 15.4. The summed E-state index contributed by atoms with van der Waals surface area (Å²) in [5.74, 6) is -0.0285. The van der Waals surface area contributed by atoms with Crippen LogP contribution in [0.25, 0.3) is 0 Å². The highest BCUT2D eigenvalue weighted by molar-refractivity contribution is 7.89. The zero-order valence-corrected chi connectivity index (χ0v) is 19.6. The molecule has 7 heteroatoms. The summed E-state index contributed by atoms with van der Waals surface area (Å²) in [6, 6.07) is 15.3. The summed E-state index contributed by atoms with van der Waals surface area (Å²) in [5.41, 5.74) is 3.05. The lowest BCUT2D eigenvalue weighted by molar-refractivity contribution is 0.0987. The van der Waals surface area contributed by atoms with Gasteiger partial charge in [-0.1, -0.05) is 42.0 Å². The zero-order chi connectivity index (χ0) is 22.6. The number of carbonyl (C=O) groups is 1. The molecule has 1 unspecified atom stereocenters. The molecule has 2 aromatic rings. The number of likely N-dealkylation sites (tertiary alicyclic amines) is 1. The van der Waals surface area contributed by atoms with E-state index >= 15 is 0 Å². The lowest BCUT2D eigenvalue weighted by atomic mass is 10.0. The molecular weight excluding hydrogens is 422 g/mol. The average molecular weight is 456 g/mol. The van der Waals surface area contributed by atoms with E-state index < -0.39 is 10.0 Å². The van der Waals surface area contributed by atoms with Crippen LogP contribution in [0, 0.1) is 6.92 Å². The van der Waals surface area contributed by atoms with E-state index in [9.17, 15) is 13.2 Å². The van der Waals surface area contributed by atoms with Gasteiger partial charge in [-0.15, -0.1) is 0 Å². The molecule has 0 amide bonds. The second kappa shape index (κ2) is 10.3. The number of nitrogens with one attached hydrogen (secondary N) is 1. The Morgan fingerprint density at radius 2 is 1.50 bits per heavy atom. The van der Waals surface area contributed by atoms with E-state index in [1.165, 1.54) is 28.3 Å². The van der Waals surface area contributed by atoms with Crippen LogP contribution in [0.5, 0.6) is 0 Å². The molecule has 172 valence electrons. The number of hydrogen-bond donors (Lipinski definition) is 1. The van der Waals surface area contributed by atoms with Gasteiger partial charge in [0.1, 0.15) is 0 Å². The lowest BCUT2D eigenvalue weighted by Crippen LogP contribution is -2.36. The van der Waals surface area contributed by atoms with Gasteiger partial charge in [0, 0.05) is 31.2 Å². The van der Waals surface area contributed by atoms with Crippen LogP contribution in [0.1, 0.15) is 53.2 Å². The van der Waals surface area contributed by atoms with Gasteiger partial charge in [0.15, 0.2) is 5.78 Å². The molecule has 0 radical (unpaired) electrons. The minimum absolute atomic E-state index is 0.0285. The monoisotopic (exact) mass is 455 g/mol. The average Bonchev–Trinajstić information content (AvgIpc) is 3.52. The number of benzene rings is 2. The minimum Gasteiger partial charge on any atom is -0.308 e. The molecule has 0 aliphatic carbocycles. The molecule has 6 nitrogen and oxygen atoms in total. The van der Waals surface area contributed by atoms with Gasteiger partial charge in [-0.3, -0.25) is 9.69 Å². The van der Waals surface area contributed by atoms with Gasteiger partial charge in [0.2, 0.25) is 10.0 Å². The van der Waals surface area contributed by atoms with Gasteiger partial charge in [-0.05, 0) is 63.4 Å². The SMILES string of the molecule is Cc1ccc(C(CNCC(=O)c2ccc(S(=O)(=O)N3CCCC3)cc2)N2CCCC2)cc1. The molecule has 0 saturated carbocycles. The Balaban J connectivity index is 1.36. The van der Waals surface area contributed by atoms with Gasteiger partial charge >= 0.3 is 0 Å². The van der Waals surface area contributed by atoms with Crippen LogP contribution in [-0.2, 0) is 10.0 Å². The molecule has 0 spiro atoms. The van der Waals surface area contributed by atoms with Crippen LogP contribution in [0.2, 0.25) is 0 Å². The smallest absolute Gasteiger partial charge is 0.243 e. The number of sulfonamides is 1. The first-order valence-corrected chi connectivity index (χ1v) is 13.0. The van der Waals surface area contributed by atoms with Crippen LogP contribution in [0.15, 0.2) is 53.4 Å². The van der Waals surface area contributed by atoms with Gasteiger partial charge in [0.05, 0.1) is 11.4 Å². The van der Waals surface area contributed by atoms with Crippen molar-refractivity contribution >= 4 is 15.8 Å². The van der Waals surface area contributed by atoms with Gasteiger partial charge in [0.25, 0.3) is 0 Å². The number of Topliss-reactive ketones (excluding diaryl/α,β-unsaturated/α-hetero) is 1. The molecule has 4 rings (SSSR count). The third-order valence-electron chi connectivity index (χ3n) is 6.55. The molecule has 2 heterocycles. The maximum absolute atomic E-state index is 12.7. The molecule has 1 atom stereocenters. The van der Waals surface area contributed by atoms with Crippen molar-refractivity contribution in [3.8, 4) is 0 Å². The van der Waals surface area contributed by atoms with Crippen molar-refractivity contribution < 1.29 is 13.2 Å². The number of carbonyl (C=O) groups excluding carboxylic acids is 1. The molecule has 2 aliphatic heterocycles. The lowest BCUT2D eigenvalue weighted by Gasteiger charge is -2.28. The second-order valence-corrected chi connectivity index (χ2v) is 10.8. The Morgan fingerprint density at radius 3 is 2.12 bits per heavy atom. The first kappa shape index (κ1) is 23.1. The van der Waals surface area contributed by atoms with Crippen LogP contribution in [0.4, 0.5) is 0 Å². The maximum Gasteiger partial charge on any atom is 0.243 e. The molecule has 2 aromatic carbocycles. The summed E-state index contributed by atoms with van der Waals surface area (Å²) in [7, 11) is -3.45. The summed E-state index contributed by atoms with van der Waals surface area (Å²) in [6.45, 7) is 6.35. The molecule has 0 aromatic heterocycles. The zero-order valence-electron chi connectivity index (χ0n) is 18.8. The molecule has 32 heavy (non-hydrogen) atoms. The fourth-order valence-electron chi connectivity index (χ4n) is 4.61. The number of nitrogens with zero attached hydrogens (tertiary/aromatic N) is 2. The summed E-state index contributed by atoms with van der Waals surface area (Å²) >= 11 is 0. The Labute approximate surface area is 191 Å². The number of ketones is 1. The highest BCUT2D eigenvalue weighted by Gasteiger charge is 2.27. The topological polar surface area (TPSA) is 69.7 Å². The van der Waals surface area contributed by atoms with E-state index in [4.69, 9.17) is 0 Å². The van der Waals surface area contributed by atoms with Crippen molar-refractivity contribution in [1.82, 2.24) is 14.5 Å².